The van der Waals surface area contributed by atoms with Crippen LogP contribution in [0.5, 0.6) is 0 Å². The van der Waals surface area contributed by atoms with Crippen LogP contribution in [0.1, 0.15) is 88.3 Å². The van der Waals surface area contributed by atoms with Gasteiger partial charge in [0.15, 0.2) is 18.4 Å². The Balaban J connectivity index is 1.36. The molecule has 1 aliphatic carbocycles. The minimum atomic E-state index is -4.67. The SMILES string of the molecule is CCCCCC1(CCCCC)O[C@@H]2[C@H](O1)[C@H]1ON(Cc3cccc(C=CC(=O)OCC(F)(F)F)c3)[C@H]3C(=O)O[C@@H]2C[C@@]13C(=O)N(C)[C@H](Cc1ccccc1)C(=O)NCCO. The summed E-state index contributed by atoms with van der Waals surface area (Å²) >= 11 is 0. The number of alkyl halides is 3. The first-order valence-corrected chi connectivity index (χ1v) is 20.9. The molecule has 0 spiro atoms. The number of benzene rings is 2. The quantitative estimate of drug-likeness (QED) is 0.0999. The average molecular weight is 844 g/mol. The summed E-state index contributed by atoms with van der Waals surface area (Å²) in [7, 11) is 1.54. The molecule has 3 aliphatic heterocycles. The maximum Gasteiger partial charge on any atom is 0.422 e. The third kappa shape index (κ3) is 10.0. The van der Waals surface area contributed by atoms with E-state index in [4.69, 9.17) is 19.0 Å². The second kappa shape index (κ2) is 19.6. The molecule has 2 aromatic carbocycles. The number of fused-ring (bicyclic) bond motifs is 4. The van der Waals surface area contributed by atoms with Crippen molar-refractivity contribution in [3.05, 3.63) is 77.4 Å². The zero-order valence-electron chi connectivity index (χ0n) is 34.4. The number of esters is 2. The van der Waals surface area contributed by atoms with Crippen LogP contribution in [0.3, 0.4) is 0 Å². The van der Waals surface area contributed by atoms with E-state index in [1.54, 1.807) is 24.3 Å². The Morgan fingerprint density at radius 3 is 2.35 bits per heavy atom. The Hall–Kier alpha value is -4.35. The summed E-state index contributed by atoms with van der Waals surface area (Å²) in [4.78, 5) is 63.9. The van der Waals surface area contributed by atoms with Crippen molar-refractivity contribution in [2.45, 2.75) is 133 Å². The summed E-state index contributed by atoms with van der Waals surface area (Å²) in [5, 5.41) is 13.7. The van der Waals surface area contributed by atoms with Crippen molar-refractivity contribution in [3.8, 4) is 0 Å². The first-order chi connectivity index (χ1) is 28.7. The van der Waals surface area contributed by atoms with Crippen LogP contribution in [0.4, 0.5) is 13.2 Å². The Morgan fingerprint density at radius 1 is 1.00 bits per heavy atom. The van der Waals surface area contributed by atoms with Crippen LogP contribution in [-0.2, 0) is 55.9 Å². The number of halogens is 3. The van der Waals surface area contributed by atoms with E-state index in [0.717, 1.165) is 50.2 Å². The molecule has 2 aromatic rings. The number of carbonyl (C=O) groups excluding carboxylic acids is 4. The van der Waals surface area contributed by atoms with Crippen molar-refractivity contribution < 1.29 is 61.2 Å². The van der Waals surface area contributed by atoms with Crippen molar-refractivity contribution >= 4 is 29.8 Å². The smallest absolute Gasteiger partial charge is 0.422 e. The first kappa shape index (κ1) is 45.2. The molecule has 328 valence electrons. The molecule has 1 saturated carbocycles. The van der Waals surface area contributed by atoms with E-state index in [2.05, 4.69) is 23.9 Å². The van der Waals surface area contributed by atoms with E-state index in [-0.39, 0.29) is 32.5 Å². The number of likely N-dealkylation sites (N-methyl/N-ethyl adjacent to an activating group) is 1. The number of aliphatic hydroxyl groups is 1. The van der Waals surface area contributed by atoms with Crippen LogP contribution >= 0.6 is 0 Å². The predicted octanol–water partition coefficient (Wildman–Crippen LogP) is 5.42. The van der Waals surface area contributed by atoms with Crippen molar-refractivity contribution in [3.63, 3.8) is 0 Å². The molecule has 3 saturated heterocycles. The Labute approximate surface area is 348 Å². The van der Waals surface area contributed by atoms with Crippen LogP contribution < -0.4 is 5.32 Å². The molecule has 7 atom stereocenters. The number of unbranched alkanes of at least 4 members (excludes halogenated alkanes) is 4. The third-order valence-corrected chi connectivity index (χ3v) is 11.8. The summed E-state index contributed by atoms with van der Waals surface area (Å²) in [6.07, 6.45) is 1.08. The number of rotatable bonds is 20. The number of ether oxygens (including phenoxy) is 4. The first-order valence-electron chi connectivity index (χ1n) is 20.9. The molecule has 16 heteroatoms. The van der Waals surface area contributed by atoms with Gasteiger partial charge in [-0.25, -0.2) is 4.79 Å². The number of amides is 2. The van der Waals surface area contributed by atoms with E-state index >= 15 is 4.79 Å². The Bertz CT molecular complexity index is 1840. The molecular weight excluding hydrogens is 787 g/mol. The summed E-state index contributed by atoms with van der Waals surface area (Å²) in [5.41, 5.74) is 0.250. The summed E-state index contributed by atoms with van der Waals surface area (Å²) in [6.45, 7) is 2.15. The number of hydroxylamine groups is 2. The summed E-state index contributed by atoms with van der Waals surface area (Å²) < 4.78 is 62.1. The Morgan fingerprint density at radius 2 is 1.68 bits per heavy atom. The molecule has 2 amide bonds. The second-order valence-corrected chi connectivity index (χ2v) is 16.2. The van der Waals surface area contributed by atoms with Gasteiger partial charge in [0, 0.05) is 45.4 Å². The van der Waals surface area contributed by atoms with Gasteiger partial charge in [0.2, 0.25) is 11.8 Å². The largest absolute Gasteiger partial charge is 0.458 e. The van der Waals surface area contributed by atoms with Gasteiger partial charge in [-0.1, -0.05) is 94.1 Å². The van der Waals surface area contributed by atoms with Gasteiger partial charge < -0.3 is 34.3 Å². The van der Waals surface area contributed by atoms with Crippen LogP contribution in [0.15, 0.2) is 60.7 Å². The van der Waals surface area contributed by atoms with Crippen molar-refractivity contribution in [1.29, 1.82) is 0 Å². The lowest BCUT2D eigenvalue weighted by Crippen LogP contribution is -2.70. The lowest BCUT2D eigenvalue weighted by molar-refractivity contribution is -0.225. The van der Waals surface area contributed by atoms with Gasteiger partial charge >= 0.3 is 18.1 Å². The van der Waals surface area contributed by atoms with E-state index in [0.29, 0.717) is 24.0 Å². The molecule has 2 bridgehead atoms. The lowest BCUT2D eigenvalue weighted by Gasteiger charge is -2.50. The third-order valence-electron chi connectivity index (χ3n) is 11.8. The van der Waals surface area contributed by atoms with Gasteiger partial charge in [-0.15, -0.1) is 0 Å². The van der Waals surface area contributed by atoms with Gasteiger partial charge in [0.05, 0.1) is 13.2 Å². The van der Waals surface area contributed by atoms with Crippen LogP contribution in [-0.4, -0.2) is 114 Å². The number of hydrogen-bond acceptors (Lipinski definition) is 11. The average Bonchev–Trinajstić information content (AvgIpc) is 3.78. The molecular formula is C44H56F3N3O10. The molecule has 13 nitrogen and oxygen atoms in total. The molecule has 0 unspecified atom stereocenters. The molecule has 4 fully saturated rings. The van der Waals surface area contributed by atoms with E-state index in [1.165, 1.54) is 23.1 Å². The second-order valence-electron chi connectivity index (χ2n) is 16.2. The fourth-order valence-electron chi connectivity index (χ4n) is 9.03. The number of hydrogen-bond donors (Lipinski definition) is 2. The number of nitrogens with one attached hydrogen (secondary N) is 1. The van der Waals surface area contributed by atoms with Crippen molar-refractivity contribution in [2.24, 2.45) is 5.41 Å². The highest BCUT2D eigenvalue weighted by molar-refractivity contribution is 5.96. The van der Waals surface area contributed by atoms with Crippen LogP contribution in [0.25, 0.3) is 6.08 Å². The number of nitrogens with zero attached hydrogens (tertiary/aromatic N) is 2. The maximum absolute atomic E-state index is 15.5. The monoisotopic (exact) mass is 843 g/mol. The zero-order valence-corrected chi connectivity index (χ0v) is 34.4. The molecule has 3 heterocycles. The predicted molar refractivity (Wildman–Crippen MR) is 211 cm³/mol. The number of aliphatic hydroxyl groups excluding tert-OH is 1. The van der Waals surface area contributed by atoms with E-state index < -0.39 is 84.2 Å². The van der Waals surface area contributed by atoms with Gasteiger partial charge in [-0.3, -0.25) is 19.2 Å². The minimum absolute atomic E-state index is 0.0239. The van der Waals surface area contributed by atoms with E-state index in [1.807, 2.05) is 30.3 Å². The molecule has 2 N–H and O–H groups in total. The zero-order chi connectivity index (χ0) is 43.1. The number of carbonyl (C=O) groups is 4. The summed E-state index contributed by atoms with van der Waals surface area (Å²) in [5.74, 6) is -3.84. The van der Waals surface area contributed by atoms with Gasteiger partial charge in [-0.05, 0) is 35.6 Å². The minimum Gasteiger partial charge on any atom is -0.458 e. The maximum atomic E-state index is 15.5. The highest BCUT2D eigenvalue weighted by Crippen LogP contribution is 2.58. The van der Waals surface area contributed by atoms with Crippen LogP contribution in [0, 0.1) is 5.41 Å². The van der Waals surface area contributed by atoms with Gasteiger partial charge in [0.25, 0.3) is 0 Å². The van der Waals surface area contributed by atoms with Gasteiger partial charge in [-0.2, -0.15) is 18.2 Å². The molecule has 60 heavy (non-hydrogen) atoms. The standard InChI is InChI=1S/C44H56F3N3O10/c1-4-6-11-20-42(21-12-7-5-2)58-35-33-26-43(41(55)49(3)32(39(53)48-22-23-51)25-29-14-9-8-10-15-29)37(40(54)57-33)50(60-38(43)36(35)59-42)27-31-17-13-16-30(24-31)18-19-34(52)56-28-44(45,46)47/h8-10,13-19,24,32-33,35-38,51H,4-7,11-12,20-23,25-28H2,1-3H3,(H,48,53)/t32-,33-,35+,36+,37+,38-,43+/m1/s1. The van der Waals surface area contributed by atoms with Crippen molar-refractivity contribution in [1.82, 2.24) is 15.3 Å². The van der Waals surface area contributed by atoms with Crippen LogP contribution in [0.2, 0.25) is 0 Å². The van der Waals surface area contributed by atoms with Gasteiger partial charge in [0.1, 0.15) is 35.9 Å². The highest BCUT2D eigenvalue weighted by atomic mass is 19.4. The molecule has 0 aromatic heterocycles. The topological polar surface area (TPSA) is 153 Å². The fourth-order valence-corrected chi connectivity index (χ4v) is 9.03. The molecule has 6 rings (SSSR count). The summed E-state index contributed by atoms with van der Waals surface area (Å²) in [6, 6.07) is 13.6. The van der Waals surface area contributed by atoms with Crippen molar-refractivity contribution in [2.75, 3.05) is 26.8 Å². The Kier molecular flexibility index (Phi) is 14.7. The van der Waals surface area contributed by atoms with E-state index in [9.17, 15) is 32.7 Å². The lowest BCUT2D eigenvalue weighted by atomic mass is 9.62. The highest BCUT2D eigenvalue weighted by Gasteiger charge is 2.76. The molecule has 0 radical (unpaired) electrons. The fraction of sp³-hybridized carbons (Fsp3) is 0.591. The normalized spacial score (nSPS) is 26.1. The molecule has 4 aliphatic rings.